The summed E-state index contributed by atoms with van der Waals surface area (Å²) < 4.78 is 5.79. The van der Waals surface area contributed by atoms with Crippen LogP contribution in [0.5, 0.6) is 0 Å². The average molecular weight is 428 g/mol. The van der Waals surface area contributed by atoms with Gasteiger partial charge in [-0.05, 0) is 59.3 Å². The summed E-state index contributed by atoms with van der Waals surface area (Å²) in [6.07, 6.45) is 1.68. The quantitative estimate of drug-likeness (QED) is 0.661. The molecule has 1 aromatic carbocycles. The molecule has 0 saturated heterocycles. The number of halogens is 1. The lowest BCUT2D eigenvalue weighted by atomic mass is 10.1. The molecule has 2 aromatic heterocycles. The summed E-state index contributed by atoms with van der Waals surface area (Å²) in [5, 5.41) is 2.92. The molecule has 138 valence electrons. The van der Waals surface area contributed by atoms with Crippen molar-refractivity contribution in [1.29, 1.82) is 0 Å². The number of pyridine rings is 1. The zero-order chi connectivity index (χ0) is 19.4. The van der Waals surface area contributed by atoms with Crippen LogP contribution in [-0.2, 0) is 0 Å². The first-order valence-corrected chi connectivity index (χ1v) is 9.11. The zero-order valence-corrected chi connectivity index (χ0v) is 16.4. The van der Waals surface area contributed by atoms with E-state index in [2.05, 4.69) is 26.2 Å². The van der Waals surface area contributed by atoms with Crippen LogP contribution in [0.3, 0.4) is 0 Å². The van der Waals surface area contributed by atoms with Crippen LogP contribution in [0.15, 0.2) is 69.9 Å². The molecular formula is C20H18BrN3O3. The molecule has 0 aliphatic rings. The highest BCUT2D eigenvalue weighted by Crippen LogP contribution is 2.23. The highest BCUT2D eigenvalue weighted by Gasteiger charge is 2.22. The van der Waals surface area contributed by atoms with Crippen LogP contribution in [0.1, 0.15) is 39.6 Å². The number of carbonyl (C=O) groups is 2. The van der Waals surface area contributed by atoms with Gasteiger partial charge in [-0.1, -0.05) is 18.2 Å². The minimum Gasteiger partial charge on any atom is -0.444 e. The molecule has 3 rings (SSSR count). The van der Waals surface area contributed by atoms with Crippen LogP contribution in [0.2, 0.25) is 0 Å². The SMILES string of the molecule is CC(NC(=O)c1ccccc1N(C)C(=O)c1ccc(Br)o1)c1ccccn1. The largest absolute Gasteiger partial charge is 0.444 e. The molecule has 0 spiro atoms. The summed E-state index contributed by atoms with van der Waals surface area (Å²) in [7, 11) is 1.60. The van der Waals surface area contributed by atoms with Crippen LogP contribution >= 0.6 is 15.9 Å². The summed E-state index contributed by atoms with van der Waals surface area (Å²) >= 11 is 3.19. The van der Waals surface area contributed by atoms with Crippen LogP contribution in [0, 0.1) is 0 Å². The van der Waals surface area contributed by atoms with Crippen molar-refractivity contribution < 1.29 is 14.0 Å². The fraction of sp³-hybridized carbons (Fsp3) is 0.150. The maximum Gasteiger partial charge on any atom is 0.293 e. The van der Waals surface area contributed by atoms with Gasteiger partial charge < -0.3 is 14.6 Å². The van der Waals surface area contributed by atoms with E-state index in [1.807, 2.05) is 25.1 Å². The van der Waals surface area contributed by atoms with Crippen molar-refractivity contribution >= 4 is 33.4 Å². The molecule has 3 aromatic rings. The summed E-state index contributed by atoms with van der Waals surface area (Å²) in [4.78, 5) is 31.1. The van der Waals surface area contributed by atoms with E-state index < -0.39 is 0 Å². The molecule has 1 atom stereocenters. The third kappa shape index (κ3) is 4.25. The summed E-state index contributed by atoms with van der Waals surface area (Å²) in [5.41, 5.74) is 1.63. The molecule has 0 fully saturated rings. The second kappa shape index (κ2) is 8.18. The van der Waals surface area contributed by atoms with Gasteiger partial charge in [0.05, 0.1) is 23.0 Å². The molecule has 0 saturated carbocycles. The van der Waals surface area contributed by atoms with Crippen molar-refractivity contribution in [3.63, 3.8) is 0 Å². The molecule has 0 aliphatic heterocycles. The lowest BCUT2D eigenvalue weighted by molar-refractivity contribution is 0.0939. The Hall–Kier alpha value is -2.93. The van der Waals surface area contributed by atoms with E-state index in [-0.39, 0.29) is 23.6 Å². The van der Waals surface area contributed by atoms with Gasteiger partial charge in [0.1, 0.15) is 0 Å². The van der Waals surface area contributed by atoms with E-state index in [9.17, 15) is 9.59 Å². The van der Waals surface area contributed by atoms with Gasteiger partial charge in [0.2, 0.25) is 0 Å². The zero-order valence-electron chi connectivity index (χ0n) is 14.8. The number of nitrogens with zero attached hydrogens (tertiary/aromatic N) is 2. The van der Waals surface area contributed by atoms with E-state index in [1.54, 1.807) is 49.6 Å². The Balaban J connectivity index is 1.82. The molecule has 0 radical (unpaired) electrons. The monoisotopic (exact) mass is 427 g/mol. The Morgan fingerprint density at radius 2 is 1.85 bits per heavy atom. The van der Waals surface area contributed by atoms with Gasteiger partial charge in [0.15, 0.2) is 10.4 Å². The van der Waals surface area contributed by atoms with Crippen molar-refractivity contribution in [2.45, 2.75) is 13.0 Å². The molecule has 2 heterocycles. The van der Waals surface area contributed by atoms with E-state index in [1.165, 1.54) is 4.90 Å². The van der Waals surface area contributed by atoms with Crippen molar-refractivity contribution in [2.24, 2.45) is 0 Å². The topological polar surface area (TPSA) is 75.4 Å². The van der Waals surface area contributed by atoms with Gasteiger partial charge in [0, 0.05) is 13.2 Å². The van der Waals surface area contributed by atoms with Crippen LogP contribution in [-0.4, -0.2) is 23.8 Å². The third-order valence-electron chi connectivity index (χ3n) is 4.08. The number of hydrogen-bond donors (Lipinski definition) is 1. The molecular weight excluding hydrogens is 410 g/mol. The first-order chi connectivity index (χ1) is 13.0. The minimum absolute atomic E-state index is 0.182. The number of aromatic nitrogens is 1. The van der Waals surface area contributed by atoms with Crippen LogP contribution in [0.4, 0.5) is 5.69 Å². The maximum atomic E-state index is 12.8. The Morgan fingerprint density at radius 1 is 1.11 bits per heavy atom. The van der Waals surface area contributed by atoms with Crippen LogP contribution < -0.4 is 10.2 Å². The highest BCUT2D eigenvalue weighted by molar-refractivity contribution is 9.10. The van der Waals surface area contributed by atoms with Gasteiger partial charge in [-0.15, -0.1) is 0 Å². The van der Waals surface area contributed by atoms with Gasteiger partial charge in [-0.2, -0.15) is 0 Å². The summed E-state index contributed by atoms with van der Waals surface area (Å²) in [6, 6.07) is 15.4. The van der Waals surface area contributed by atoms with E-state index in [0.717, 1.165) is 5.69 Å². The van der Waals surface area contributed by atoms with Gasteiger partial charge in [-0.25, -0.2) is 0 Å². The minimum atomic E-state index is -0.348. The van der Waals surface area contributed by atoms with E-state index in [4.69, 9.17) is 4.42 Å². The Morgan fingerprint density at radius 3 is 2.52 bits per heavy atom. The first kappa shape index (κ1) is 18.8. The third-order valence-corrected chi connectivity index (χ3v) is 4.50. The number of rotatable bonds is 5. The first-order valence-electron chi connectivity index (χ1n) is 8.31. The number of carbonyl (C=O) groups excluding carboxylic acids is 2. The van der Waals surface area contributed by atoms with Gasteiger partial charge in [0.25, 0.3) is 11.8 Å². The van der Waals surface area contributed by atoms with Crippen molar-refractivity contribution in [2.75, 3.05) is 11.9 Å². The number of furan rings is 1. The summed E-state index contributed by atoms with van der Waals surface area (Å²) in [6.45, 7) is 1.86. The second-order valence-electron chi connectivity index (χ2n) is 5.93. The number of nitrogens with one attached hydrogen (secondary N) is 1. The number of benzene rings is 1. The second-order valence-corrected chi connectivity index (χ2v) is 6.72. The lowest BCUT2D eigenvalue weighted by Crippen LogP contribution is -2.31. The van der Waals surface area contributed by atoms with Gasteiger partial charge >= 0.3 is 0 Å². The number of para-hydroxylation sites is 1. The molecule has 1 unspecified atom stereocenters. The van der Waals surface area contributed by atoms with Crippen molar-refractivity contribution in [3.8, 4) is 0 Å². The Bertz CT molecular complexity index is 956. The average Bonchev–Trinajstić information content (AvgIpc) is 3.13. The summed E-state index contributed by atoms with van der Waals surface area (Å²) in [5.74, 6) is -0.454. The Kier molecular flexibility index (Phi) is 5.71. The van der Waals surface area contributed by atoms with Gasteiger partial charge in [-0.3, -0.25) is 14.6 Å². The van der Waals surface area contributed by atoms with Crippen LogP contribution in [0.25, 0.3) is 0 Å². The predicted octanol–water partition coefficient (Wildman–Crippen LogP) is 4.20. The standard InChI is InChI=1S/C20H18BrN3O3/c1-13(15-8-5-6-12-22-15)23-19(25)14-7-3-4-9-16(14)24(2)20(26)17-10-11-18(21)27-17/h3-13H,1-2H3,(H,23,25). The molecule has 0 aliphatic carbocycles. The molecule has 7 heteroatoms. The Labute approximate surface area is 165 Å². The molecule has 0 bridgehead atoms. The fourth-order valence-corrected chi connectivity index (χ4v) is 2.95. The maximum absolute atomic E-state index is 12.8. The molecule has 2 amide bonds. The number of hydrogen-bond acceptors (Lipinski definition) is 4. The fourth-order valence-electron chi connectivity index (χ4n) is 2.64. The number of anilines is 1. The predicted molar refractivity (Wildman–Crippen MR) is 106 cm³/mol. The smallest absolute Gasteiger partial charge is 0.293 e. The van der Waals surface area contributed by atoms with E-state index >= 15 is 0 Å². The van der Waals surface area contributed by atoms with Crippen molar-refractivity contribution in [3.05, 3.63) is 82.5 Å². The molecule has 27 heavy (non-hydrogen) atoms. The van der Waals surface area contributed by atoms with E-state index in [0.29, 0.717) is 15.9 Å². The number of amides is 2. The molecule has 6 nitrogen and oxygen atoms in total. The van der Waals surface area contributed by atoms with Crippen molar-refractivity contribution in [1.82, 2.24) is 10.3 Å². The molecule has 1 N–H and O–H groups in total. The lowest BCUT2D eigenvalue weighted by Gasteiger charge is -2.20. The highest BCUT2D eigenvalue weighted by atomic mass is 79.9. The normalized spacial score (nSPS) is 11.7.